The number of rotatable bonds is 5. The third kappa shape index (κ3) is 3.93. The number of hydrogen-bond acceptors (Lipinski definition) is 6. The van der Waals surface area contributed by atoms with Gasteiger partial charge in [-0.2, -0.15) is 4.31 Å². The van der Waals surface area contributed by atoms with Gasteiger partial charge in [0.1, 0.15) is 6.54 Å². The molecule has 1 aliphatic rings. The highest BCUT2D eigenvalue weighted by Gasteiger charge is 2.32. The fourth-order valence-electron chi connectivity index (χ4n) is 3.64. The van der Waals surface area contributed by atoms with Crippen molar-refractivity contribution in [1.82, 2.24) is 8.87 Å². The van der Waals surface area contributed by atoms with Gasteiger partial charge in [-0.05, 0) is 37.3 Å². The van der Waals surface area contributed by atoms with Crippen LogP contribution in [0.1, 0.15) is 27.2 Å². The van der Waals surface area contributed by atoms with Gasteiger partial charge >= 0.3 is 11.7 Å². The van der Waals surface area contributed by atoms with Crippen LogP contribution in [0.3, 0.4) is 0 Å². The summed E-state index contributed by atoms with van der Waals surface area (Å²) in [6, 6.07) is 4.28. The van der Waals surface area contributed by atoms with Crippen molar-refractivity contribution in [2.45, 2.75) is 38.6 Å². The average molecular weight is 396 g/mol. The van der Waals surface area contributed by atoms with Crippen molar-refractivity contribution < 1.29 is 22.4 Å². The van der Waals surface area contributed by atoms with Crippen LogP contribution in [0.15, 0.2) is 32.3 Å². The number of aromatic nitrogens is 1. The number of carbonyl (C=O) groups excluding carboxylic acids is 1. The van der Waals surface area contributed by atoms with Crippen LogP contribution in [-0.4, -0.2) is 43.0 Å². The van der Waals surface area contributed by atoms with Crippen LogP contribution < -0.4 is 5.76 Å². The number of esters is 1. The summed E-state index contributed by atoms with van der Waals surface area (Å²) < 4.78 is 38.6. The number of sulfonamides is 1. The number of piperidine rings is 1. The molecule has 0 radical (unpaired) electrons. The lowest BCUT2D eigenvalue weighted by molar-refractivity contribution is -0.143. The molecular formula is C18H24N2O6S. The van der Waals surface area contributed by atoms with Crippen LogP contribution in [0.5, 0.6) is 0 Å². The first-order valence-electron chi connectivity index (χ1n) is 9.01. The molecule has 0 spiro atoms. The molecule has 0 saturated carbocycles. The topological polar surface area (TPSA) is 98.8 Å². The van der Waals surface area contributed by atoms with Gasteiger partial charge in [-0.1, -0.05) is 13.8 Å². The van der Waals surface area contributed by atoms with E-state index in [2.05, 4.69) is 0 Å². The highest BCUT2D eigenvalue weighted by atomic mass is 32.2. The highest BCUT2D eigenvalue weighted by molar-refractivity contribution is 7.89. The van der Waals surface area contributed by atoms with Gasteiger partial charge in [0.2, 0.25) is 10.0 Å². The molecular weight excluding hydrogens is 372 g/mol. The SMILES string of the molecule is CCOC(=O)Cn1c(=O)oc2cc(S(=O)(=O)N3CC(C)CC(C)C3)ccc21. The summed E-state index contributed by atoms with van der Waals surface area (Å²) in [5, 5.41) is 0. The van der Waals surface area contributed by atoms with E-state index >= 15 is 0 Å². The van der Waals surface area contributed by atoms with Gasteiger partial charge < -0.3 is 9.15 Å². The quantitative estimate of drug-likeness (QED) is 0.715. The molecule has 0 amide bonds. The van der Waals surface area contributed by atoms with Crippen LogP contribution >= 0.6 is 0 Å². The maximum atomic E-state index is 13.0. The Morgan fingerprint density at radius 3 is 2.56 bits per heavy atom. The molecule has 2 aromatic rings. The Morgan fingerprint density at radius 1 is 1.26 bits per heavy atom. The third-order valence-corrected chi connectivity index (χ3v) is 6.53. The number of fused-ring (bicyclic) bond motifs is 1. The molecule has 27 heavy (non-hydrogen) atoms. The molecule has 2 heterocycles. The predicted octanol–water partition coefficient (Wildman–Crippen LogP) is 1.82. The second-order valence-corrected chi connectivity index (χ2v) is 9.09. The van der Waals surface area contributed by atoms with Gasteiger partial charge in [-0.25, -0.2) is 13.2 Å². The number of benzene rings is 1. The van der Waals surface area contributed by atoms with E-state index in [1.54, 1.807) is 6.92 Å². The van der Waals surface area contributed by atoms with Crippen LogP contribution in [0.4, 0.5) is 0 Å². The molecule has 3 rings (SSSR count). The van der Waals surface area contributed by atoms with E-state index in [-0.39, 0.29) is 35.5 Å². The zero-order valence-corrected chi connectivity index (χ0v) is 16.5. The molecule has 0 bridgehead atoms. The van der Waals surface area contributed by atoms with Crippen LogP contribution in [-0.2, 0) is 26.1 Å². The lowest BCUT2D eigenvalue weighted by Crippen LogP contribution is -2.42. The van der Waals surface area contributed by atoms with Gasteiger partial charge in [0.25, 0.3) is 0 Å². The van der Waals surface area contributed by atoms with E-state index in [1.165, 1.54) is 22.5 Å². The van der Waals surface area contributed by atoms with Crippen molar-refractivity contribution in [2.24, 2.45) is 11.8 Å². The summed E-state index contributed by atoms with van der Waals surface area (Å²) >= 11 is 0. The Hall–Kier alpha value is -2.13. The second-order valence-electron chi connectivity index (χ2n) is 7.16. The maximum Gasteiger partial charge on any atom is 0.420 e. The van der Waals surface area contributed by atoms with Crippen molar-refractivity contribution in [2.75, 3.05) is 19.7 Å². The number of oxazole rings is 1. The van der Waals surface area contributed by atoms with Crippen LogP contribution in [0.25, 0.3) is 11.1 Å². The lowest BCUT2D eigenvalue weighted by Gasteiger charge is -2.34. The molecule has 148 valence electrons. The summed E-state index contributed by atoms with van der Waals surface area (Å²) in [4.78, 5) is 23.8. The van der Waals surface area contributed by atoms with Gasteiger partial charge in [0, 0.05) is 19.2 Å². The van der Waals surface area contributed by atoms with E-state index in [4.69, 9.17) is 9.15 Å². The number of hydrogen-bond donors (Lipinski definition) is 0. The summed E-state index contributed by atoms with van der Waals surface area (Å²) in [7, 11) is -3.68. The predicted molar refractivity (Wildman–Crippen MR) is 98.8 cm³/mol. The zero-order valence-electron chi connectivity index (χ0n) is 15.7. The lowest BCUT2D eigenvalue weighted by atomic mass is 9.94. The largest absolute Gasteiger partial charge is 0.465 e. The van der Waals surface area contributed by atoms with Crippen LogP contribution in [0.2, 0.25) is 0 Å². The van der Waals surface area contributed by atoms with Crippen molar-refractivity contribution in [1.29, 1.82) is 0 Å². The second kappa shape index (κ2) is 7.47. The van der Waals surface area contributed by atoms with E-state index in [1.807, 2.05) is 13.8 Å². The van der Waals surface area contributed by atoms with Crippen molar-refractivity contribution in [3.05, 3.63) is 28.7 Å². The summed E-state index contributed by atoms with van der Waals surface area (Å²) in [6.45, 7) is 6.61. The van der Waals surface area contributed by atoms with Crippen molar-refractivity contribution >= 4 is 27.1 Å². The first-order chi connectivity index (χ1) is 12.7. The van der Waals surface area contributed by atoms with Crippen molar-refractivity contribution in [3.63, 3.8) is 0 Å². The monoisotopic (exact) mass is 396 g/mol. The van der Waals surface area contributed by atoms with E-state index in [0.717, 1.165) is 11.0 Å². The molecule has 1 aromatic carbocycles. The average Bonchev–Trinajstić information content (AvgIpc) is 2.89. The third-order valence-electron chi connectivity index (χ3n) is 4.71. The molecule has 1 aliphatic heterocycles. The molecule has 1 aromatic heterocycles. The molecule has 1 fully saturated rings. The summed E-state index contributed by atoms with van der Waals surface area (Å²) in [5.74, 6) is -0.713. The molecule has 0 N–H and O–H groups in total. The Labute approximate surface area is 157 Å². The smallest absolute Gasteiger partial charge is 0.420 e. The Morgan fingerprint density at radius 2 is 1.93 bits per heavy atom. The normalized spacial score (nSPS) is 21.4. The van der Waals surface area contributed by atoms with E-state index in [0.29, 0.717) is 18.6 Å². The highest BCUT2D eigenvalue weighted by Crippen LogP contribution is 2.28. The zero-order chi connectivity index (χ0) is 19.8. The minimum atomic E-state index is -3.68. The fraction of sp³-hybridized carbons (Fsp3) is 0.556. The molecule has 2 atom stereocenters. The molecule has 9 heteroatoms. The standard InChI is InChI=1S/C18H24N2O6S/c1-4-25-17(21)11-20-15-6-5-14(8-16(15)26-18(20)22)27(23,24)19-9-12(2)7-13(3)10-19/h5-6,8,12-13H,4,7,9-11H2,1-3H3. The number of carbonyl (C=O) groups is 1. The van der Waals surface area contributed by atoms with Gasteiger partial charge in [0.15, 0.2) is 5.58 Å². The minimum Gasteiger partial charge on any atom is -0.465 e. The van der Waals surface area contributed by atoms with Crippen LogP contribution in [0, 0.1) is 11.8 Å². The Balaban J connectivity index is 1.95. The first kappa shape index (κ1) is 19.6. The Kier molecular flexibility index (Phi) is 5.43. The van der Waals surface area contributed by atoms with Gasteiger partial charge in [0.05, 0.1) is 17.0 Å². The van der Waals surface area contributed by atoms with Gasteiger partial charge in [-0.15, -0.1) is 0 Å². The van der Waals surface area contributed by atoms with E-state index in [9.17, 15) is 18.0 Å². The fourth-order valence-corrected chi connectivity index (χ4v) is 5.34. The summed E-state index contributed by atoms with van der Waals surface area (Å²) in [6.07, 6.45) is 0.997. The van der Waals surface area contributed by atoms with E-state index < -0.39 is 21.7 Å². The number of nitrogens with zero attached hydrogens (tertiary/aromatic N) is 2. The maximum absolute atomic E-state index is 13.0. The Bertz CT molecular complexity index is 997. The van der Waals surface area contributed by atoms with Gasteiger partial charge in [-0.3, -0.25) is 9.36 Å². The van der Waals surface area contributed by atoms with Crippen molar-refractivity contribution in [3.8, 4) is 0 Å². The number of ether oxygens (including phenoxy) is 1. The molecule has 0 aliphatic carbocycles. The first-order valence-corrected chi connectivity index (χ1v) is 10.5. The molecule has 8 nitrogen and oxygen atoms in total. The molecule has 2 unspecified atom stereocenters. The molecule has 1 saturated heterocycles. The minimum absolute atomic E-state index is 0.0772. The summed E-state index contributed by atoms with van der Waals surface area (Å²) in [5.41, 5.74) is 0.482.